The summed E-state index contributed by atoms with van der Waals surface area (Å²) in [6, 6.07) is 1.27. The number of hydrogen-bond donors (Lipinski definition) is 2. The molecule has 0 radical (unpaired) electrons. The Morgan fingerprint density at radius 2 is 2.10 bits per heavy atom. The minimum atomic E-state index is -1.65. The number of halogens is 2. The molecule has 7 nitrogen and oxygen atoms in total. The number of aromatic nitrogens is 1. The minimum absolute atomic E-state index is 0.00312. The lowest BCUT2D eigenvalue weighted by molar-refractivity contribution is 0.0577. The van der Waals surface area contributed by atoms with Gasteiger partial charge < -0.3 is 24.6 Å². The highest BCUT2D eigenvalue weighted by Gasteiger charge is 2.56. The molecular formula is C21H23F2N3O4. The largest absolute Gasteiger partial charge is 0.511 e. The molecule has 1 aromatic carbocycles. The molecule has 0 amide bonds. The van der Waals surface area contributed by atoms with E-state index in [2.05, 4.69) is 17.0 Å². The van der Waals surface area contributed by atoms with E-state index < -0.39 is 29.0 Å². The zero-order valence-electron chi connectivity index (χ0n) is 16.7. The molecule has 9 heteroatoms. The average Bonchev–Trinajstić information content (AvgIpc) is 3.47. The van der Waals surface area contributed by atoms with Crippen molar-refractivity contribution in [2.75, 3.05) is 25.0 Å². The highest BCUT2D eigenvalue weighted by atomic mass is 19.1. The van der Waals surface area contributed by atoms with Gasteiger partial charge in [0.05, 0.1) is 17.1 Å². The Hall–Kier alpha value is -2.68. The molecule has 2 aliphatic carbocycles. The molecule has 0 spiro atoms. The Morgan fingerprint density at radius 1 is 1.37 bits per heavy atom. The fourth-order valence-electron chi connectivity index (χ4n) is 5.37. The SMILES string of the molecule is CN[C@H]1C[C@@]2(C)CN(c3c(F)cc4c(=O)c(OC(=O)O)cn(C5CC5)c4c3F)C[C@@H]12. The standard InChI is InChI=1S/C21H23F2N3O4/c1-21-6-14(24-2)12(21)7-25(9-21)18-13(22)5-11-17(16(18)23)26(10-3-4-10)8-15(19(11)27)30-20(28)29/h5,8,10,12,14,24H,3-4,6-7,9H2,1-2H3,(H,28,29)/t12-,14-,21-/m0/s1. The van der Waals surface area contributed by atoms with Crippen molar-refractivity contribution in [3.63, 3.8) is 0 Å². The number of nitrogens with one attached hydrogen (secondary N) is 1. The van der Waals surface area contributed by atoms with Gasteiger partial charge in [0.1, 0.15) is 11.5 Å². The van der Waals surface area contributed by atoms with Crippen LogP contribution >= 0.6 is 0 Å². The highest BCUT2D eigenvalue weighted by Crippen LogP contribution is 2.53. The summed E-state index contributed by atoms with van der Waals surface area (Å²) in [5.74, 6) is -1.74. The average molecular weight is 419 g/mol. The molecule has 3 aliphatic rings. The summed E-state index contributed by atoms with van der Waals surface area (Å²) in [6.45, 7) is 3.22. The molecule has 3 fully saturated rings. The number of carbonyl (C=O) groups is 1. The van der Waals surface area contributed by atoms with E-state index in [4.69, 9.17) is 5.11 Å². The zero-order valence-corrected chi connectivity index (χ0v) is 16.7. The van der Waals surface area contributed by atoms with Crippen LogP contribution in [-0.4, -0.2) is 42.0 Å². The second-order valence-corrected chi connectivity index (χ2v) is 8.99. The van der Waals surface area contributed by atoms with Gasteiger partial charge in [0.2, 0.25) is 5.43 Å². The van der Waals surface area contributed by atoms with E-state index in [1.54, 1.807) is 4.90 Å². The van der Waals surface area contributed by atoms with E-state index in [0.29, 0.717) is 25.0 Å². The van der Waals surface area contributed by atoms with Crippen molar-refractivity contribution in [3.05, 3.63) is 34.1 Å². The Kier molecular flexibility index (Phi) is 4.12. The molecule has 0 unspecified atom stereocenters. The summed E-state index contributed by atoms with van der Waals surface area (Å²) in [7, 11) is 1.90. The van der Waals surface area contributed by atoms with Crippen LogP contribution in [-0.2, 0) is 0 Å². The molecule has 2 saturated carbocycles. The second kappa shape index (κ2) is 6.41. The molecule has 160 valence electrons. The van der Waals surface area contributed by atoms with Crippen molar-refractivity contribution in [1.29, 1.82) is 0 Å². The van der Waals surface area contributed by atoms with Gasteiger partial charge in [-0.05, 0) is 43.7 Å². The number of anilines is 1. The number of fused-ring (bicyclic) bond motifs is 2. The van der Waals surface area contributed by atoms with Gasteiger partial charge in [-0.3, -0.25) is 4.79 Å². The molecule has 0 bridgehead atoms. The lowest BCUT2D eigenvalue weighted by Gasteiger charge is -2.48. The van der Waals surface area contributed by atoms with Gasteiger partial charge in [0.25, 0.3) is 0 Å². The number of ether oxygens (including phenoxy) is 1. The summed E-state index contributed by atoms with van der Waals surface area (Å²) in [5, 5.41) is 12.0. The fraction of sp³-hybridized carbons (Fsp3) is 0.524. The van der Waals surface area contributed by atoms with E-state index in [9.17, 15) is 9.59 Å². The number of pyridine rings is 1. The maximum atomic E-state index is 15.8. The fourth-order valence-corrected chi connectivity index (χ4v) is 5.37. The molecule has 2 N–H and O–H groups in total. The van der Waals surface area contributed by atoms with Crippen LogP contribution in [0.2, 0.25) is 0 Å². The molecule has 5 rings (SSSR count). The van der Waals surface area contributed by atoms with Gasteiger partial charge in [-0.1, -0.05) is 6.92 Å². The molecule has 1 aliphatic heterocycles. The predicted octanol–water partition coefficient (Wildman–Crippen LogP) is 3.11. The number of hydrogen-bond acceptors (Lipinski definition) is 5. The van der Waals surface area contributed by atoms with Crippen molar-refractivity contribution < 1.29 is 23.4 Å². The molecule has 1 saturated heterocycles. The van der Waals surface area contributed by atoms with Crippen molar-refractivity contribution in [3.8, 4) is 5.75 Å². The van der Waals surface area contributed by atoms with Gasteiger partial charge in [0, 0.05) is 25.2 Å². The van der Waals surface area contributed by atoms with Crippen molar-refractivity contribution >= 4 is 22.7 Å². The van der Waals surface area contributed by atoms with Gasteiger partial charge in [-0.15, -0.1) is 0 Å². The molecule has 3 atom stereocenters. The summed E-state index contributed by atoms with van der Waals surface area (Å²) in [5.41, 5.74) is -0.950. The van der Waals surface area contributed by atoms with E-state index in [1.807, 2.05) is 7.05 Å². The second-order valence-electron chi connectivity index (χ2n) is 8.99. The molecule has 30 heavy (non-hydrogen) atoms. The van der Waals surface area contributed by atoms with Gasteiger partial charge >= 0.3 is 6.16 Å². The van der Waals surface area contributed by atoms with E-state index in [1.165, 1.54) is 10.8 Å². The van der Waals surface area contributed by atoms with Gasteiger partial charge in [-0.25, -0.2) is 13.6 Å². The minimum Gasteiger partial charge on any atom is -0.449 e. The summed E-state index contributed by atoms with van der Waals surface area (Å²) in [6.07, 6.45) is 2.07. The van der Waals surface area contributed by atoms with Crippen molar-refractivity contribution in [2.24, 2.45) is 11.3 Å². The van der Waals surface area contributed by atoms with Gasteiger partial charge in [0.15, 0.2) is 11.6 Å². The third kappa shape index (κ3) is 2.71. The Bertz CT molecular complexity index is 1130. The molecular weight excluding hydrogens is 396 g/mol. The van der Waals surface area contributed by atoms with Crippen LogP contribution in [0.25, 0.3) is 10.9 Å². The van der Waals surface area contributed by atoms with E-state index in [0.717, 1.165) is 25.3 Å². The van der Waals surface area contributed by atoms with Crippen LogP contribution in [0.3, 0.4) is 0 Å². The zero-order chi connectivity index (χ0) is 21.4. The molecule has 1 aromatic heterocycles. The predicted molar refractivity (Wildman–Crippen MR) is 106 cm³/mol. The molecule has 2 heterocycles. The van der Waals surface area contributed by atoms with Crippen molar-refractivity contribution in [2.45, 2.75) is 38.3 Å². The normalized spacial score (nSPS) is 27.8. The third-order valence-electron chi connectivity index (χ3n) is 7.01. The first-order valence-electron chi connectivity index (χ1n) is 10.1. The number of benzene rings is 1. The van der Waals surface area contributed by atoms with E-state index >= 15 is 8.78 Å². The maximum absolute atomic E-state index is 15.8. The smallest absolute Gasteiger partial charge is 0.449 e. The third-order valence-corrected chi connectivity index (χ3v) is 7.01. The Morgan fingerprint density at radius 3 is 2.73 bits per heavy atom. The topological polar surface area (TPSA) is 83.8 Å². The Labute approximate surface area is 171 Å². The van der Waals surface area contributed by atoms with E-state index in [-0.39, 0.29) is 28.0 Å². The maximum Gasteiger partial charge on any atom is 0.511 e. The monoisotopic (exact) mass is 419 g/mol. The molecule has 2 aromatic rings. The quantitative estimate of drug-likeness (QED) is 0.741. The first-order chi connectivity index (χ1) is 14.2. The van der Waals surface area contributed by atoms with Crippen LogP contribution in [0, 0.1) is 23.0 Å². The first kappa shape index (κ1) is 19.3. The first-order valence-corrected chi connectivity index (χ1v) is 10.1. The lowest BCUT2D eigenvalue weighted by atomic mass is 9.60. The van der Waals surface area contributed by atoms with Crippen LogP contribution in [0.5, 0.6) is 5.75 Å². The lowest BCUT2D eigenvalue weighted by Crippen LogP contribution is -2.54. The summed E-state index contributed by atoms with van der Waals surface area (Å²) >= 11 is 0. The number of nitrogens with zero attached hydrogens (tertiary/aromatic N) is 2. The summed E-state index contributed by atoms with van der Waals surface area (Å²) in [4.78, 5) is 25.4. The Balaban J connectivity index is 1.66. The van der Waals surface area contributed by atoms with Crippen LogP contribution in [0.4, 0.5) is 19.3 Å². The van der Waals surface area contributed by atoms with Crippen LogP contribution in [0.15, 0.2) is 17.1 Å². The van der Waals surface area contributed by atoms with Crippen LogP contribution in [0.1, 0.15) is 32.2 Å². The van der Waals surface area contributed by atoms with Crippen molar-refractivity contribution in [1.82, 2.24) is 9.88 Å². The summed E-state index contributed by atoms with van der Waals surface area (Å²) < 4.78 is 37.0. The highest BCUT2D eigenvalue weighted by molar-refractivity contribution is 5.86. The van der Waals surface area contributed by atoms with Gasteiger partial charge in [-0.2, -0.15) is 0 Å². The number of rotatable bonds is 4. The number of carboxylic acid groups (broad SMARTS) is 1. The van der Waals surface area contributed by atoms with Crippen LogP contribution < -0.4 is 20.4 Å².